The van der Waals surface area contributed by atoms with Gasteiger partial charge in [0.2, 0.25) is 17.6 Å². The molecule has 52 heavy (non-hydrogen) atoms. The quantitative estimate of drug-likeness (QED) is 0.125. The largest absolute Gasteiger partial charge is 0.481 e. The van der Waals surface area contributed by atoms with Gasteiger partial charge in [-0.3, -0.25) is 28.8 Å². The van der Waals surface area contributed by atoms with E-state index in [2.05, 4.69) is 17.6 Å². The average molecular weight is 721 g/mol. The molecule has 3 saturated carbocycles. The number of carboxylic acid groups (broad SMARTS) is 1. The normalized spacial score (nSPS) is 29.8. The fraction of sp³-hybridized carbons (Fsp3) is 0.659. The van der Waals surface area contributed by atoms with Gasteiger partial charge in [0.15, 0.2) is 12.4 Å². The van der Waals surface area contributed by atoms with Crippen molar-refractivity contribution in [2.24, 2.45) is 28.6 Å². The number of unbranched alkanes of at least 4 members (excludes halogenated alkanes) is 2. The molecule has 0 heterocycles. The van der Waals surface area contributed by atoms with E-state index in [1.54, 1.807) is 0 Å². The first-order valence-corrected chi connectivity index (χ1v) is 19.2. The molecule has 4 aliphatic carbocycles. The second kappa shape index (κ2) is 16.9. The van der Waals surface area contributed by atoms with Crippen molar-refractivity contribution in [3.05, 3.63) is 47.5 Å². The number of carbonyl (C=O) groups excluding carboxylic acids is 5. The molecule has 11 nitrogen and oxygen atoms in total. The fourth-order valence-corrected chi connectivity index (χ4v) is 10.1. The number of hydrogen-bond donors (Lipinski definition) is 4. The maximum atomic E-state index is 13.5. The zero-order chi connectivity index (χ0) is 37.5. The van der Waals surface area contributed by atoms with Crippen LogP contribution in [0.2, 0.25) is 0 Å². The van der Waals surface area contributed by atoms with Crippen LogP contribution in [0.15, 0.2) is 42.0 Å². The second-order valence-electron chi connectivity index (χ2n) is 16.1. The van der Waals surface area contributed by atoms with Crippen molar-refractivity contribution in [3.8, 4) is 0 Å². The molecule has 0 radical (unpaired) electrons. The van der Waals surface area contributed by atoms with Crippen molar-refractivity contribution >= 4 is 35.3 Å². The second-order valence-corrected chi connectivity index (χ2v) is 16.1. The first-order chi connectivity index (χ1) is 24.8. The Kier molecular flexibility index (Phi) is 12.8. The highest BCUT2D eigenvalue weighted by atomic mass is 16.5. The van der Waals surface area contributed by atoms with Gasteiger partial charge in [-0.05, 0) is 92.6 Å². The Bertz CT molecular complexity index is 1540. The standard InChI is InChI=1S/C41H56N2O9/c1-39-19-16-30(44)24-29(39)12-13-31-32(39)17-20-40(2)33(31)18-21-41(40,51)34(45)26-52-38(50)15-14-36(47)42-22-8-4-7-11-35(46)43-25-28(23-37(48)49)27-9-5-3-6-10-27/h3,5-6,9-10,24,28,31-33,51H,4,7-8,11-23,25-26H2,1-2H3,(H,42,47)(H,43,46)(H,48,49)/t28-,31+,32-,33+,39+,40-,41+/m1/s1. The molecule has 1 aromatic carbocycles. The summed E-state index contributed by atoms with van der Waals surface area (Å²) >= 11 is 0. The molecule has 2 amide bonds. The van der Waals surface area contributed by atoms with Crippen molar-refractivity contribution in [2.75, 3.05) is 19.7 Å². The summed E-state index contributed by atoms with van der Waals surface area (Å²) in [5, 5.41) is 26.7. The number of amides is 2. The van der Waals surface area contributed by atoms with E-state index in [4.69, 9.17) is 4.74 Å². The zero-order valence-electron chi connectivity index (χ0n) is 30.8. The van der Waals surface area contributed by atoms with Gasteiger partial charge >= 0.3 is 11.9 Å². The molecule has 11 heteroatoms. The topological polar surface area (TPSA) is 176 Å². The van der Waals surface area contributed by atoms with Crippen LogP contribution >= 0.6 is 0 Å². The van der Waals surface area contributed by atoms with Crippen molar-refractivity contribution in [1.82, 2.24) is 10.6 Å². The molecule has 4 aliphatic rings. The Morgan fingerprint density at radius 3 is 2.35 bits per heavy atom. The number of ketones is 2. The minimum Gasteiger partial charge on any atom is -0.481 e. The monoisotopic (exact) mass is 720 g/mol. The number of nitrogens with one attached hydrogen (secondary N) is 2. The lowest BCUT2D eigenvalue weighted by Crippen LogP contribution is -2.58. The van der Waals surface area contributed by atoms with Crippen LogP contribution in [0.5, 0.6) is 0 Å². The van der Waals surface area contributed by atoms with Crippen LogP contribution in [-0.2, 0) is 33.5 Å². The van der Waals surface area contributed by atoms with Crippen LogP contribution in [0.25, 0.3) is 0 Å². The Hall–Kier alpha value is -3.86. The average Bonchev–Trinajstić information content (AvgIpc) is 3.41. The van der Waals surface area contributed by atoms with Crippen molar-refractivity contribution in [2.45, 2.75) is 122 Å². The van der Waals surface area contributed by atoms with E-state index in [1.165, 1.54) is 5.57 Å². The molecule has 0 bridgehead atoms. The number of carboxylic acids is 1. The number of carbonyl (C=O) groups is 6. The minimum atomic E-state index is -1.56. The Morgan fingerprint density at radius 1 is 0.865 bits per heavy atom. The van der Waals surface area contributed by atoms with Gasteiger partial charge in [-0.1, -0.05) is 56.2 Å². The lowest BCUT2D eigenvalue weighted by Gasteiger charge is -2.58. The SMILES string of the molecule is C[C@]12CCC(=O)C=C1CC[C@H]1[C@H]2CC[C@]2(C)[C@H]1CC[C@]2(O)C(=O)COC(=O)CCC(=O)NCCCCCC(=O)NC[C@@H](CC(=O)O)c1ccccc1. The third-order valence-corrected chi connectivity index (χ3v) is 13.1. The Morgan fingerprint density at radius 2 is 1.60 bits per heavy atom. The molecule has 4 N–H and O–H groups in total. The number of hydrogen-bond acceptors (Lipinski definition) is 8. The van der Waals surface area contributed by atoms with Crippen molar-refractivity contribution in [3.63, 3.8) is 0 Å². The number of aliphatic carboxylic acids is 1. The number of fused-ring (bicyclic) bond motifs is 5. The molecule has 0 saturated heterocycles. The van der Waals surface area contributed by atoms with Crippen LogP contribution in [0, 0.1) is 28.6 Å². The molecular formula is C41H56N2O9. The van der Waals surface area contributed by atoms with Crippen molar-refractivity contribution < 1.29 is 43.7 Å². The van der Waals surface area contributed by atoms with Gasteiger partial charge < -0.3 is 25.6 Å². The third-order valence-electron chi connectivity index (χ3n) is 13.1. The van der Waals surface area contributed by atoms with E-state index in [0.717, 1.165) is 37.7 Å². The van der Waals surface area contributed by atoms with Crippen LogP contribution in [-0.4, -0.2) is 70.8 Å². The highest BCUT2D eigenvalue weighted by molar-refractivity contribution is 5.92. The first kappa shape index (κ1) is 39.3. The summed E-state index contributed by atoms with van der Waals surface area (Å²) in [5.74, 6) is -1.60. The number of ether oxygens (including phenoxy) is 1. The number of esters is 1. The molecule has 0 unspecified atom stereocenters. The van der Waals surface area contributed by atoms with Crippen LogP contribution < -0.4 is 10.6 Å². The van der Waals surface area contributed by atoms with Gasteiger partial charge in [0.05, 0.1) is 12.8 Å². The smallest absolute Gasteiger partial charge is 0.306 e. The summed E-state index contributed by atoms with van der Waals surface area (Å²) in [5.41, 5.74) is -0.0198. The van der Waals surface area contributed by atoms with E-state index in [9.17, 15) is 39.0 Å². The molecule has 7 atom stereocenters. The van der Waals surface area contributed by atoms with E-state index in [1.807, 2.05) is 43.3 Å². The molecule has 0 aliphatic heterocycles. The number of allylic oxidation sites excluding steroid dienone is 1. The number of aliphatic hydroxyl groups is 1. The maximum Gasteiger partial charge on any atom is 0.306 e. The summed E-state index contributed by atoms with van der Waals surface area (Å²) < 4.78 is 5.28. The van der Waals surface area contributed by atoms with Crippen LogP contribution in [0.1, 0.15) is 122 Å². The number of rotatable bonds is 17. The molecule has 3 fully saturated rings. The molecule has 284 valence electrons. The molecule has 1 aromatic rings. The summed E-state index contributed by atoms with van der Waals surface area (Å²) in [7, 11) is 0. The highest BCUT2D eigenvalue weighted by Crippen LogP contribution is 2.67. The summed E-state index contributed by atoms with van der Waals surface area (Å²) in [6.45, 7) is 4.46. The van der Waals surface area contributed by atoms with Gasteiger partial charge in [0, 0.05) is 43.7 Å². The van der Waals surface area contributed by atoms with E-state index in [0.29, 0.717) is 63.3 Å². The minimum absolute atomic E-state index is 0.00315. The highest BCUT2D eigenvalue weighted by Gasteiger charge is 2.66. The predicted octanol–water partition coefficient (Wildman–Crippen LogP) is 5.19. The van der Waals surface area contributed by atoms with E-state index in [-0.39, 0.29) is 60.7 Å². The molecular weight excluding hydrogens is 664 g/mol. The van der Waals surface area contributed by atoms with E-state index < -0.39 is 35.3 Å². The van der Waals surface area contributed by atoms with Crippen LogP contribution in [0.4, 0.5) is 0 Å². The lowest BCUT2D eigenvalue weighted by molar-refractivity contribution is -0.170. The number of Topliss-reactive ketones (excluding diaryl/α,β-unsaturated/α-hetero) is 1. The summed E-state index contributed by atoms with van der Waals surface area (Å²) in [4.78, 5) is 74.0. The van der Waals surface area contributed by atoms with E-state index >= 15 is 0 Å². The molecule has 0 spiro atoms. The van der Waals surface area contributed by atoms with Gasteiger partial charge in [0.1, 0.15) is 5.60 Å². The van der Waals surface area contributed by atoms with Crippen molar-refractivity contribution in [1.29, 1.82) is 0 Å². The summed E-state index contributed by atoms with van der Waals surface area (Å²) in [6, 6.07) is 9.24. The lowest BCUT2D eigenvalue weighted by atomic mass is 9.46. The third kappa shape index (κ3) is 8.67. The van der Waals surface area contributed by atoms with Gasteiger partial charge in [-0.25, -0.2) is 0 Å². The first-order valence-electron chi connectivity index (χ1n) is 19.2. The Balaban J connectivity index is 0.959. The Labute approximate surface area is 306 Å². The molecule has 0 aromatic heterocycles. The zero-order valence-corrected chi connectivity index (χ0v) is 30.8. The van der Waals surface area contributed by atoms with Gasteiger partial charge in [0.25, 0.3) is 0 Å². The van der Waals surface area contributed by atoms with Gasteiger partial charge in [-0.2, -0.15) is 0 Å². The summed E-state index contributed by atoms with van der Waals surface area (Å²) in [6.07, 6.45) is 9.83. The maximum absolute atomic E-state index is 13.5. The van der Waals surface area contributed by atoms with Gasteiger partial charge in [-0.15, -0.1) is 0 Å². The fourth-order valence-electron chi connectivity index (χ4n) is 10.1. The predicted molar refractivity (Wildman–Crippen MR) is 193 cm³/mol. The van der Waals surface area contributed by atoms with Crippen LogP contribution in [0.3, 0.4) is 0 Å². The molecule has 5 rings (SSSR count). The number of benzene rings is 1.